The van der Waals surface area contributed by atoms with E-state index in [1.165, 1.54) is 6.07 Å². The zero-order chi connectivity index (χ0) is 13.0. The van der Waals surface area contributed by atoms with Crippen molar-refractivity contribution in [2.24, 2.45) is 0 Å². The Morgan fingerprint density at radius 2 is 2.00 bits per heavy atom. The number of hydrogen-bond donors (Lipinski definition) is 1. The maximum absolute atomic E-state index is 10.7. The van der Waals surface area contributed by atoms with Gasteiger partial charge in [-0.3, -0.25) is 0 Å². The molecular weight excluding hydrogens is 250 g/mol. The average molecular weight is 259 g/mol. The maximum Gasteiger partial charge on any atom is 0.345 e. The molecule has 0 aliphatic heterocycles. The van der Waals surface area contributed by atoms with E-state index in [1.807, 2.05) is 12.1 Å². The first-order valence-electron chi connectivity index (χ1n) is 5.16. The van der Waals surface area contributed by atoms with Crippen LogP contribution in [-0.2, 0) is 6.42 Å². The van der Waals surface area contributed by atoms with E-state index in [0.717, 1.165) is 16.9 Å². The molecule has 5 heteroatoms. The Bertz CT molecular complexity index is 595. The van der Waals surface area contributed by atoms with Crippen LogP contribution >= 0.6 is 11.3 Å². The SMILES string of the molecule is N#CCc1ccc(Oc2ccc(C(=O)O)s2)cc1. The number of ether oxygens (including phenoxy) is 1. The Morgan fingerprint density at radius 1 is 1.28 bits per heavy atom. The van der Waals surface area contributed by atoms with Gasteiger partial charge in [0, 0.05) is 0 Å². The Morgan fingerprint density at radius 3 is 2.56 bits per heavy atom. The van der Waals surface area contributed by atoms with Crippen LogP contribution in [0.4, 0.5) is 0 Å². The van der Waals surface area contributed by atoms with Gasteiger partial charge in [-0.2, -0.15) is 5.26 Å². The minimum atomic E-state index is -0.959. The first-order valence-corrected chi connectivity index (χ1v) is 5.97. The predicted octanol–water partition coefficient (Wildman–Crippen LogP) is 3.30. The monoisotopic (exact) mass is 259 g/mol. The van der Waals surface area contributed by atoms with E-state index in [-0.39, 0.29) is 4.88 Å². The normalized spacial score (nSPS) is 9.72. The summed E-state index contributed by atoms with van der Waals surface area (Å²) < 4.78 is 5.51. The standard InChI is InChI=1S/C13H9NO3S/c14-8-7-9-1-3-10(4-2-9)17-12-6-5-11(18-12)13(15)16/h1-6H,7H2,(H,15,16). The summed E-state index contributed by atoms with van der Waals surface area (Å²) in [6.07, 6.45) is 0.364. The van der Waals surface area contributed by atoms with Gasteiger partial charge in [0.1, 0.15) is 10.6 Å². The van der Waals surface area contributed by atoms with Gasteiger partial charge in [0.05, 0.1) is 12.5 Å². The summed E-state index contributed by atoms with van der Waals surface area (Å²) in [5.41, 5.74) is 0.919. The third-order valence-electron chi connectivity index (χ3n) is 2.22. The van der Waals surface area contributed by atoms with Crippen LogP contribution in [0.15, 0.2) is 36.4 Å². The molecule has 1 heterocycles. The molecule has 0 unspecified atom stereocenters. The average Bonchev–Trinajstić information content (AvgIpc) is 2.81. The second kappa shape index (κ2) is 5.34. The highest BCUT2D eigenvalue weighted by Gasteiger charge is 2.08. The molecule has 18 heavy (non-hydrogen) atoms. The first kappa shape index (κ1) is 12.1. The topological polar surface area (TPSA) is 70.3 Å². The molecule has 4 nitrogen and oxygen atoms in total. The summed E-state index contributed by atoms with van der Waals surface area (Å²) in [7, 11) is 0. The Kier molecular flexibility index (Phi) is 3.60. The second-order valence-corrected chi connectivity index (χ2v) is 4.55. The second-order valence-electron chi connectivity index (χ2n) is 3.50. The van der Waals surface area contributed by atoms with E-state index in [2.05, 4.69) is 6.07 Å². The van der Waals surface area contributed by atoms with Gasteiger partial charge in [0.2, 0.25) is 0 Å². The van der Waals surface area contributed by atoms with E-state index in [0.29, 0.717) is 17.2 Å². The van der Waals surface area contributed by atoms with Crippen molar-refractivity contribution in [2.45, 2.75) is 6.42 Å². The molecule has 0 amide bonds. The molecule has 0 spiro atoms. The van der Waals surface area contributed by atoms with Crippen molar-refractivity contribution < 1.29 is 14.6 Å². The molecule has 0 fully saturated rings. The van der Waals surface area contributed by atoms with Gasteiger partial charge in [-0.25, -0.2) is 4.79 Å². The lowest BCUT2D eigenvalue weighted by atomic mass is 10.2. The summed E-state index contributed by atoms with van der Waals surface area (Å²) in [6.45, 7) is 0. The highest BCUT2D eigenvalue weighted by atomic mass is 32.1. The summed E-state index contributed by atoms with van der Waals surface area (Å²) in [6, 6.07) is 12.3. The van der Waals surface area contributed by atoms with E-state index in [1.54, 1.807) is 18.2 Å². The highest BCUT2D eigenvalue weighted by molar-refractivity contribution is 7.15. The zero-order valence-electron chi connectivity index (χ0n) is 9.29. The van der Waals surface area contributed by atoms with Gasteiger partial charge in [-0.05, 0) is 29.8 Å². The minimum absolute atomic E-state index is 0.242. The third kappa shape index (κ3) is 2.87. The van der Waals surface area contributed by atoms with Crippen molar-refractivity contribution in [3.63, 3.8) is 0 Å². The molecule has 1 N–H and O–H groups in total. The molecule has 0 saturated carbocycles. The highest BCUT2D eigenvalue weighted by Crippen LogP contribution is 2.29. The quantitative estimate of drug-likeness (QED) is 0.914. The van der Waals surface area contributed by atoms with Gasteiger partial charge < -0.3 is 9.84 Å². The molecule has 1 aromatic heterocycles. The molecule has 0 aliphatic rings. The minimum Gasteiger partial charge on any atom is -0.477 e. The summed E-state index contributed by atoms with van der Waals surface area (Å²) in [4.78, 5) is 10.9. The number of nitriles is 1. The fraction of sp³-hybridized carbons (Fsp3) is 0.0769. The van der Waals surface area contributed by atoms with Crippen molar-refractivity contribution in [1.29, 1.82) is 5.26 Å². The van der Waals surface area contributed by atoms with Crippen LogP contribution in [-0.4, -0.2) is 11.1 Å². The van der Waals surface area contributed by atoms with Crippen LogP contribution in [0.2, 0.25) is 0 Å². The molecule has 0 aliphatic carbocycles. The van der Waals surface area contributed by atoms with Gasteiger partial charge in [0.25, 0.3) is 0 Å². The van der Waals surface area contributed by atoms with Crippen LogP contribution in [0, 0.1) is 11.3 Å². The summed E-state index contributed by atoms with van der Waals surface area (Å²) in [5, 5.41) is 17.9. The number of thiophene rings is 1. The molecule has 0 atom stereocenters. The fourth-order valence-corrected chi connectivity index (χ4v) is 2.09. The predicted molar refractivity (Wildman–Crippen MR) is 67.1 cm³/mol. The van der Waals surface area contributed by atoms with Crippen molar-refractivity contribution in [1.82, 2.24) is 0 Å². The number of hydrogen-bond acceptors (Lipinski definition) is 4. The Hall–Kier alpha value is -2.32. The van der Waals surface area contributed by atoms with Crippen molar-refractivity contribution in [3.8, 4) is 16.9 Å². The number of carboxylic acids is 1. The van der Waals surface area contributed by atoms with Gasteiger partial charge in [-0.15, -0.1) is 0 Å². The molecule has 2 aromatic rings. The van der Waals surface area contributed by atoms with Crippen molar-refractivity contribution in [3.05, 3.63) is 46.8 Å². The van der Waals surface area contributed by atoms with Crippen LogP contribution < -0.4 is 4.74 Å². The van der Waals surface area contributed by atoms with Crippen molar-refractivity contribution >= 4 is 17.3 Å². The number of benzene rings is 1. The van der Waals surface area contributed by atoms with Crippen LogP contribution in [0.1, 0.15) is 15.2 Å². The van der Waals surface area contributed by atoms with E-state index in [9.17, 15) is 4.79 Å². The number of rotatable bonds is 4. The number of carboxylic acid groups (broad SMARTS) is 1. The van der Waals surface area contributed by atoms with Gasteiger partial charge >= 0.3 is 5.97 Å². The molecule has 0 radical (unpaired) electrons. The molecule has 1 aromatic carbocycles. The fourth-order valence-electron chi connectivity index (χ4n) is 1.37. The molecule has 0 saturated heterocycles. The Labute approximate surface area is 108 Å². The third-order valence-corrected chi connectivity index (χ3v) is 3.17. The van der Waals surface area contributed by atoms with E-state index < -0.39 is 5.97 Å². The first-order chi connectivity index (χ1) is 8.69. The number of carbonyl (C=O) groups is 1. The lowest BCUT2D eigenvalue weighted by Crippen LogP contribution is -1.89. The summed E-state index contributed by atoms with van der Waals surface area (Å²) >= 11 is 1.08. The maximum atomic E-state index is 10.7. The smallest absolute Gasteiger partial charge is 0.345 e. The molecular formula is C13H9NO3S. The molecule has 0 bridgehead atoms. The Balaban J connectivity index is 2.08. The lowest BCUT2D eigenvalue weighted by molar-refractivity contribution is 0.0702. The molecule has 2 rings (SSSR count). The van der Waals surface area contributed by atoms with Crippen LogP contribution in [0.3, 0.4) is 0 Å². The zero-order valence-corrected chi connectivity index (χ0v) is 10.1. The summed E-state index contributed by atoms with van der Waals surface area (Å²) in [5.74, 6) is -0.338. The van der Waals surface area contributed by atoms with Gasteiger partial charge in [0.15, 0.2) is 5.06 Å². The van der Waals surface area contributed by atoms with E-state index in [4.69, 9.17) is 15.1 Å². The largest absolute Gasteiger partial charge is 0.477 e. The van der Waals surface area contributed by atoms with Crippen LogP contribution in [0.25, 0.3) is 0 Å². The molecule has 90 valence electrons. The van der Waals surface area contributed by atoms with Crippen molar-refractivity contribution in [2.75, 3.05) is 0 Å². The van der Waals surface area contributed by atoms with Gasteiger partial charge in [-0.1, -0.05) is 23.5 Å². The number of aromatic carboxylic acids is 1. The van der Waals surface area contributed by atoms with E-state index >= 15 is 0 Å². The van der Waals surface area contributed by atoms with Crippen LogP contribution in [0.5, 0.6) is 10.8 Å². The lowest BCUT2D eigenvalue weighted by Gasteiger charge is -2.02. The number of nitrogens with zero attached hydrogens (tertiary/aromatic N) is 1.